The second kappa shape index (κ2) is 6.76. The summed E-state index contributed by atoms with van der Waals surface area (Å²) in [6.07, 6.45) is 6.02. The van der Waals surface area contributed by atoms with Gasteiger partial charge >= 0.3 is 0 Å². The van der Waals surface area contributed by atoms with Crippen LogP contribution in [0.4, 0.5) is 0 Å². The van der Waals surface area contributed by atoms with E-state index in [0.717, 1.165) is 25.0 Å². The molecule has 0 amide bonds. The fraction of sp³-hybridized carbons (Fsp3) is 1.00. The van der Waals surface area contributed by atoms with Crippen LogP contribution in [0, 0.1) is 5.92 Å². The molecule has 0 aromatic carbocycles. The number of ether oxygens (including phenoxy) is 1. The topological polar surface area (TPSA) is 24.5 Å². The third-order valence-electron chi connectivity index (χ3n) is 4.77. The normalized spacial score (nSPS) is 36.5. The van der Waals surface area contributed by atoms with Gasteiger partial charge < -0.3 is 10.1 Å². The summed E-state index contributed by atoms with van der Waals surface area (Å²) in [5, 5.41) is 3.56. The lowest BCUT2D eigenvalue weighted by Gasteiger charge is -2.37. The van der Waals surface area contributed by atoms with Gasteiger partial charge in [0.25, 0.3) is 0 Å². The summed E-state index contributed by atoms with van der Waals surface area (Å²) in [6, 6.07) is 0.731. The molecule has 1 N–H and O–H groups in total. The minimum absolute atomic E-state index is 0.193. The Balaban J connectivity index is 1.70. The van der Waals surface area contributed by atoms with Gasteiger partial charge in [-0.3, -0.25) is 4.90 Å². The maximum atomic E-state index is 6.23. The summed E-state index contributed by atoms with van der Waals surface area (Å²) in [5.41, 5.74) is 0.193. The number of hydrogen-bond donors (Lipinski definition) is 1. The summed E-state index contributed by atoms with van der Waals surface area (Å²) in [5.74, 6) is 0.898. The van der Waals surface area contributed by atoms with E-state index in [4.69, 9.17) is 4.74 Å². The molecule has 2 aliphatic heterocycles. The quantitative estimate of drug-likeness (QED) is 0.858. The zero-order valence-corrected chi connectivity index (χ0v) is 14.1. The molecule has 0 radical (unpaired) electrons. The molecule has 2 saturated heterocycles. The highest BCUT2D eigenvalue weighted by atomic mass is 16.5. The maximum absolute atomic E-state index is 6.23. The van der Waals surface area contributed by atoms with Gasteiger partial charge in [-0.05, 0) is 65.8 Å². The Morgan fingerprint density at radius 3 is 2.45 bits per heavy atom. The van der Waals surface area contributed by atoms with Crippen LogP contribution in [0.1, 0.15) is 60.3 Å². The molecule has 4 atom stereocenters. The van der Waals surface area contributed by atoms with E-state index in [1.165, 1.54) is 32.2 Å². The Morgan fingerprint density at radius 1 is 1.10 bits per heavy atom. The van der Waals surface area contributed by atoms with Crippen molar-refractivity contribution in [3.63, 3.8) is 0 Å². The molecule has 0 aromatic heterocycles. The van der Waals surface area contributed by atoms with Crippen LogP contribution in [0.3, 0.4) is 0 Å². The minimum Gasteiger partial charge on any atom is -0.372 e. The number of nitrogens with one attached hydrogen (secondary N) is 1. The lowest BCUT2D eigenvalue weighted by Crippen LogP contribution is -2.44. The zero-order chi connectivity index (χ0) is 14.8. The SMILES string of the molecule is CC1CCN(CC2CCC(CNC(C)(C)C)O2)C(C)C1. The molecule has 0 bridgehead atoms. The van der Waals surface area contributed by atoms with Crippen LogP contribution < -0.4 is 5.32 Å². The number of likely N-dealkylation sites (tertiary alicyclic amines) is 1. The first-order chi connectivity index (χ1) is 9.33. The van der Waals surface area contributed by atoms with Crippen molar-refractivity contribution in [2.24, 2.45) is 5.92 Å². The second-order valence-corrected chi connectivity index (χ2v) is 8.06. The molecule has 118 valence electrons. The fourth-order valence-electron chi connectivity index (χ4n) is 3.47. The fourth-order valence-corrected chi connectivity index (χ4v) is 3.47. The van der Waals surface area contributed by atoms with E-state index < -0.39 is 0 Å². The average molecular weight is 282 g/mol. The number of piperidine rings is 1. The Morgan fingerprint density at radius 2 is 1.80 bits per heavy atom. The van der Waals surface area contributed by atoms with Gasteiger partial charge in [0, 0.05) is 24.7 Å². The molecule has 0 aromatic rings. The number of rotatable bonds is 4. The van der Waals surface area contributed by atoms with Crippen molar-refractivity contribution in [3.8, 4) is 0 Å². The Bertz CT molecular complexity index is 300. The highest BCUT2D eigenvalue weighted by Crippen LogP contribution is 2.26. The maximum Gasteiger partial charge on any atom is 0.0707 e. The summed E-state index contributed by atoms with van der Waals surface area (Å²) in [4.78, 5) is 2.64. The highest BCUT2D eigenvalue weighted by Gasteiger charge is 2.30. The van der Waals surface area contributed by atoms with Crippen LogP contribution in [0.2, 0.25) is 0 Å². The lowest BCUT2D eigenvalue weighted by atomic mass is 9.93. The first kappa shape index (κ1) is 16.3. The van der Waals surface area contributed by atoms with E-state index in [0.29, 0.717) is 12.2 Å². The van der Waals surface area contributed by atoms with Crippen LogP contribution in [0.15, 0.2) is 0 Å². The third kappa shape index (κ3) is 5.01. The van der Waals surface area contributed by atoms with E-state index in [1.807, 2.05) is 0 Å². The summed E-state index contributed by atoms with van der Waals surface area (Å²) in [6.45, 7) is 14.8. The standard InChI is InChI=1S/C17H34N2O/c1-13-8-9-19(14(2)10-13)12-16-7-6-15(20-16)11-18-17(3,4)5/h13-16,18H,6-12H2,1-5H3. The van der Waals surface area contributed by atoms with Crippen LogP contribution in [0.5, 0.6) is 0 Å². The average Bonchev–Trinajstić information content (AvgIpc) is 2.77. The predicted molar refractivity (Wildman–Crippen MR) is 85.1 cm³/mol. The van der Waals surface area contributed by atoms with Crippen molar-refractivity contribution < 1.29 is 4.74 Å². The molecule has 2 heterocycles. The molecule has 0 spiro atoms. The Kier molecular flexibility index (Phi) is 5.49. The van der Waals surface area contributed by atoms with Crippen molar-refractivity contribution in [1.82, 2.24) is 10.2 Å². The van der Waals surface area contributed by atoms with Crippen LogP contribution in [0.25, 0.3) is 0 Å². The van der Waals surface area contributed by atoms with Gasteiger partial charge in [0.2, 0.25) is 0 Å². The molecule has 2 aliphatic rings. The van der Waals surface area contributed by atoms with Crippen LogP contribution in [-0.2, 0) is 4.74 Å². The molecule has 2 fully saturated rings. The van der Waals surface area contributed by atoms with Crippen molar-refractivity contribution in [2.75, 3.05) is 19.6 Å². The Labute approximate surface area is 125 Å². The first-order valence-corrected chi connectivity index (χ1v) is 8.48. The smallest absolute Gasteiger partial charge is 0.0707 e. The molecule has 4 unspecified atom stereocenters. The molecule has 3 nitrogen and oxygen atoms in total. The lowest BCUT2D eigenvalue weighted by molar-refractivity contribution is 0.00344. The van der Waals surface area contributed by atoms with Gasteiger partial charge in [0.05, 0.1) is 12.2 Å². The van der Waals surface area contributed by atoms with Gasteiger partial charge in [-0.1, -0.05) is 6.92 Å². The van der Waals surface area contributed by atoms with Gasteiger partial charge in [-0.15, -0.1) is 0 Å². The molecular weight excluding hydrogens is 248 g/mol. The molecule has 3 heteroatoms. The summed E-state index contributed by atoms with van der Waals surface area (Å²) < 4.78 is 6.23. The molecule has 0 saturated carbocycles. The molecule has 2 rings (SSSR count). The van der Waals surface area contributed by atoms with Gasteiger partial charge in [0.1, 0.15) is 0 Å². The first-order valence-electron chi connectivity index (χ1n) is 8.48. The summed E-state index contributed by atoms with van der Waals surface area (Å²) >= 11 is 0. The molecular formula is C17H34N2O. The monoisotopic (exact) mass is 282 g/mol. The number of hydrogen-bond acceptors (Lipinski definition) is 3. The van der Waals surface area contributed by atoms with E-state index in [2.05, 4.69) is 44.8 Å². The largest absolute Gasteiger partial charge is 0.372 e. The highest BCUT2D eigenvalue weighted by molar-refractivity contribution is 4.84. The predicted octanol–water partition coefficient (Wildman–Crippen LogP) is 3.04. The molecule has 0 aliphatic carbocycles. The van der Waals surface area contributed by atoms with E-state index in [1.54, 1.807) is 0 Å². The Hall–Kier alpha value is -0.120. The van der Waals surface area contributed by atoms with Crippen molar-refractivity contribution in [2.45, 2.75) is 84.1 Å². The van der Waals surface area contributed by atoms with Crippen molar-refractivity contribution in [1.29, 1.82) is 0 Å². The van der Waals surface area contributed by atoms with Crippen LogP contribution >= 0.6 is 0 Å². The third-order valence-corrected chi connectivity index (χ3v) is 4.77. The van der Waals surface area contributed by atoms with Crippen molar-refractivity contribution in [3.05, 3.63) is 0 Å². The minimum atomic E-state index is 0.193. The van der Waals surface area contributed by atoms with Gasteiger partial charge in [-0.25, -0.2) is 0 Å². The number of nitrogens with zero attached hydrogens (tertiary/aromatic N) is 1. The zero-order valence-electron chi connectivity index (χ0n) is 14.1. The second-order valence-electron chi connectivity index (χ2n) is 8.06. The van der Waals surface area contributed by atoms with Gasteiger partial charge in [0.15, 0.2) is 0 Å². The van der Waals surface area contributed by atoms with Gasteiger partial charge in [-0.2, -0.15) is 0 Å². The van der Waals surface area contributed by atoms with Crippen molar-refractivity contribution >= 4 is 0 Å². The van der Waals surface area contributed by atoms with E-state index in [-0.39, 0.29) is 5.54 Å². The van der Waals surface area contributed by atoms with E-state index >= 15 is 0 Å². The summed E-state index contributed by atoms with van der Waals surface area (Å²) in [7, 11) is 0. The molecule has 20 heavy (non-hydrogen) atoms. The van der Waals surface area contributed by atoms with E-state index in [9.17, 15) is 0 Å². The van der Waals surface area contributed by atoms with Crippen LogP contribution in [-0.4, -0.2) is 48.3 Å².